The number of hydrogen-bond acceptors (Lipinski definition) is 3. The van der Waals surface area contributed by atoms with Crippen molar-refractivity contribution in [2.75, 3.05) is 5.32 Å². The first-order chi connectivity index (χ1) is 9.93. The maximum atomic E-state index is 11.8. The second kappa shape index (κ2) is 8.14. The number of aromatic carboxylic acids is 1. The molecule has 0 saturated heterocycles. The van der Waals surface area contributed by atoms with Crippen LogP contribution in [0.5, 0.6) is 5.75 Å². The standard InChI is InChI=1S/C15H22N2O4/c1-3-4-5-6-10(2)16-15(21)17-11-7-8-12(14(19)20)13(18)9-11/h7-10,18H,3-6H2,1-2H3,(H,19,20)(H2,16,17,21). The summed E-state index contributed by atoms with van der Waals surface area (Å²) in [6, 6.07) is 3.58. The van der Waals surface area contributed by atoms with Crippen LogP contribution < -0.4 is 10.6 Å². The zero-order valence-electron chi connectivity index (χ0n) is 12.3. The molecule has 0 radical (unpaired) electrons. The summed E-state index contributed by atoms with van der Waals surface area (Å²) in [5.74, 6) is -1.59. The van der Waals surface area contributed by atoms with Crippen LogP contribution >= 0.6 is 0 Å². The fourth-order valence-corrected chi connectivity index (χ4v) is 1.95. The largest absolute Gasteiger partial charge is 0.507 e. The summed E-state index contributed by atoms with van der Waals surface area (Å²) in [5, 5.41) is 23.7. The highest BCUT2D eigenvalue weighted by Crippen LogP contribution is 2.21. The number of carboxylic acids is 1. The van der Waals surface area contributed by atoms with Crippen LogP contribution in [0.15, 0.2) is 18.2 Å². The van der Waals surface area contributed by atoms with E-state index in [0.29, 0.717) is 5.69 Å². The highest BCUT2D eigenvalue weighted by Gasteiger charge is 2.11. The van der Waals surface area contributed by atoms with E-state index in [2.05, 4.69) is 17.6 Å². The predicted octanol–water partition coefficient (Wildman–Crippen LogP) is 3.18. The molecule has 1 aromatic rings. The number of carbonyl (C=O) groups is 2. The summed E-state index contributed by atoms with van der Waals surface area (Å²) in [6.45, 7) is 4.05. The van der Waals surface area contributed by atoms with E-state index >= 15 is 0 Å². The minimum absolute atomic E-state index is 0.0587. The summed E-state index contributed by atoms with van der Waals surface area (Å²) >= 11 is 0. The van der Waals surface area contributed by atoms with Gasteiger partial charge in [-0.2, -0.15) is 0 Å². The maximum absolute atomic E-state index is 11.8. The Morgan fingerprint density at radius 1 is 1.29 bits per heavy atom. The lowest BCUT2D eigenvalue weighted by Gasteiger charge is -2.14. The molecule has 0 aliphatic heterocycles. The first-order valence-corrected chi connectivity index (χ1v) is 7.07. The van der Waals surface area contributed by atoms with Gasteiger partial charge in [0.15, 0.2) is 0 Å². The molecule has 0 spiro atoms. The van der Waals surface area contributed by atoms with Crippen molar-refractivity contribution >= 4 is 17.7 Å². The van der Waals surface area contributed by atoms with Gasteiger partial charge in [-0.3, -0.25) is 0 Å². The molecule has 1 rings (SSSR count). The Morgan fingerprint density at radius 3 is 2.57 bits per heavy atom. The molecule has 116 valence electrons. The van der Waals surface area contributed by atoms with Gasteiger partial charge in [0.2, 0.25) is 0 Å². The van der Waals surface area contributed by atoms with Crippen LogP contribution in [0.1, 0.15) is 49.9 Å². The predicted molar refractivity (Wildman–Crippen MR) is 80.8 cm³/mol. The van der Waals surface area contributed by atoms with Crippen LogP contribution in [-0.2, 0) is 0 Å². The highest BCUT2D eigenvalue weighted by atomic mass is 16.4. The van der Waals surface area contributed by atoms with Crippen LogP contribution in [0.2, 0.25) is 0 Å². The van der Waals surface area contributed by atoms with Crippen molar-refractivity contribution in [3.63, 3.8) is 0 Å². The Morgan fingerprint density at radius 2 is 2.00 bits per heavy atom. The average molecular weight is 294 g/mol. The van der Waals surface area contributed by atoms with Crippen molar-refractivity contribution in [3.05, 3.63) is 23.8 Å². The number of anilines is 1. The van der Waals surface area contributed by atoms with Crippen molar-refractivity contribution in [2.45, 2.75) is 45.6 Å². The molecule has 0 bridgehead atoms. The molecule has 1 unspecified atom stereocenters. The third-order valence-corrected chi connectivity index (χ3v) is 3.10. The molecule has 21 heavy (non-hydrogen) atoms. The molecule has 0 saturated carbocycles. The second-order valence-corrected chi connectivity index (χ2v) is 5.03. The fraction of sp³-hybridized carbons (Fsp3) is 0.467. The Bertz CT molecular complexity index is 502. The van der Waals surface area contributed by atoms with Crippen molar-refractivity contribution in [3.8, 4) is 5.75 Å². The quantitative estimate of drug-likeness (QED) is 0.580. The number of rotatable bonds is 7. The van der Waals surface area contributed by atoms with Crippen LogP contribution in [0.3, 0.4) is 0 Å². The van der Waals surface area contributed by atoms with Gasteiger partial charge in [0.25, 0.3) is 0 Å². The smallest absolute Gasteiger partial charge is 0.339 e. The van der Waals surface area contributed by atoms with Crippen LogP contribution in [-0.4, -0.2) is 28.3 Å². The van der Waals surface area contributed by atoms with Crippen molar-refractivity contribution in [1.82, 2.24) is 5.32 Å². The third kappa shape index (κ3) is 5.72. The molecular weight excluding hydrogens is 272 g/mol. The van der Waals surface area contributed by atoms with E-state index in [1.165, 1.54) is 18.2 Å². The molecule has 4 N–H and O–H groups in total. The molecule has 6 nitrogen and oxygen atoms in total. The number of amides is 2. The van der Waals surface area contributed by atoms with Crippen molar-refractivity contribution < 1.29 is 19.8 Å². The van der Waals surface area contributed by atoms with Gasteiger partial charge in [0.1, 0.15) is 11.3 Å². The third-order valence-electron chi connectivity index (χ3n) is 3.10. The number of unbranched alkanes of at least 4 members (excludes halogenated alkanes) is 2. The first kappa shape index (κ1) is 16.8. The summed E-state index contributed by atoms with van der Waals surface area (Å²) < 4.78 is 0. The van der Waals surface area contributed by atoms with Gasteiger partial charge in [-0.05, 0) is 25.5 Å². The summed E-state index contributed by atoms with van der Waals surface area (Å²) in [5.41, 5.74) is 0.143. The Hall–Kier alpha value is -2.24. The zero-order chi connectivity index (χ0) is 15.8. The topological polar surface area (TPSA) is 98.7 Å². The van der Waals surface area contributed by atoms with Gasteiger partial charge < -0.3 is 20.8 Å². The number of nitrogens with one attached hydrogen (secondary N) is 2. The minimum atomic E-state index is -1.21. The van der Waals surface area contributed by atoms with E-state index in [4.69, 9.17) is 5.11 Å². The van der Waals surface area contributed by atoms with Gasteiger partial charge in [0.05, 0.1) is 0 Å². The molecule has 0 aliphatic carbocycles. The molecule has 0 heterocycles. The van der Waals surface area contributed by atoms with Gasteiger partial charge in [-0.15, -0.1) is 0 Å². The normalized spacial score (nSPS) is 11.7. The summed E-state index contributed by atoms with van der Waals surface area (Å²) in [6.07, 6.45) is 4.24. The number of carboxylic acid groups (broad SMARTS) is 1. The minimum Gasteiger partial charge on any atom is -0.507 e. The van der Waals surface area contributed by atoms with Gasteiger partial charge in [0, 0.05) is 17.8 Å². The van der Waals surface area contributed by atoms with Crippen LogP contribution in [0, 0.1) is 0 Å². The van der Waals surface area contributed by atoms with E-state index in [0.717, 1.165) is 25.7 Å². The Labute approximate surface area is 124 Å². The van der Waals surface area contributed by atoms with Gasteiger partial charge in [-0.1, -0.05) is 26.2 Å². The number of carbonyl (C=O) groups excluding carboxylic acids is 1. The average Bonchev–Trinajstić information content (AvgIpc) is 2.38. The second-order valence-electron chi connectivity index (χ2n) is 5.03. The van der Waals surface area contributed by atoms with Crippen molar-refractivity contribution in [1.29, 1.82) is 0 Å². The number of hydrogen-bond donors (Lipinski definition) is 4. The van der Waals surface area contributed by atoms with E-state index in [9.17, 15) is 14.7 Å². The number of aromatic hydroxyl groups is 1. The fourth-order valence-electron chi connectivity index (χ4n) is 1.95. The lowest BCUT2D eigenvalue weighted by molar-refractivity contribution is 0.0694. The molecule has 0 fully saturated rings. The van der Waals surface area contributed by atoms with Crippen molar-refractivity contribution in [2.24, 2.45) is 0 Å². The number of urea groups is 1. The summed E-state index contributed by atoms with van der Waals surface area (Å²) in [7, 11) is 0. The Balaban J connectivity index is 2.51. The molecule has 1 aromatic carbocycles. The molecule has 0 aliphatic rings. The van der Waals surface area contributed by atoms with Crippen LogP contribution in [0.25, 0.3) is 0 Å². The monoisotopic (exact) mass is 294 g/mol. The molecule has 6 heteroatoms. The van der Waals surface area contributed by atoms with Gasteiger partial charge >= 0.3 is 12.0 Å². The molecule has 1 atom stereocenters. The highest BCUT2D eigenvalue weighted by molar-refractivity contribution is 5.93. The zero-order valence-corrected chi connectivity index (χ0v) is 12.3. The van der Waals surface area contributed by atoms with Gasteiger partial charge in [-0.25, -0.2) is 9.59 Å². The SMILES string of the molecule is CCCCCC(C)NC(=O)Nc1ccc(C(=O)O)c(O)c1. The van der Waals surface area contributed by atoms with E-state index in [1.807, 2.05) is 6.92 Å². The van der Waals surface area contributed by atoms with E-state index in [-0.39, 0.29) is 23.4 Å². The molecular formula is C15H22N2O4. The molecule has 0 aromatic heterocycles. The van der Waals surface area contributed by atoms with E-state index in [1.54, 1.807) is 0 Å². The summed E-state index contributed by atoms with van der Waals surface area (Å²) in [4.78, 5) is 22.5. The number of phenols is 1. The lowest BCUT2D eigenvalue weighted by atomic mass is 10.1. The molecule has 2 amide bonds. The maximum Gasteiger partial charge on any atom is 0.339 e. The van der Waals surface area contributed by atoms with Crippen LogP contribution in [0.4, 0.5) is 10.5 Å². The number of benzene rings is 1. The first-order valence-electron chi connectivity index (χ1n) is 7.07. The Kier molecular flexibility index (Phi) is 6.52. The van der Waals surface area contributed by atoms with E-state index < -0.39 is 5.97 Å². The lowest BCUT2D eigenvalue weighted by Crippen LogP contribution is -2.36.